The van der Waals surface area contributed by atoms with E-state index in [2.05, 4.69) is 11.4 Å². The van der Waals surface area contributed by atoms with Crippen LogP contribution in [0, 0.1) is 6.92 Å². The van der Waals surface area contributed by atoms with Gasteiger partial charge in [-0.15, -0.1) is 0 Å². The van der Waals surface area contributed by atoms with E-state index in [4.69, 9.17) is 9.47 Å². The Morgan fingerprint density at radius 3 is 2.61 bits per heavy atom. The van der Waals surface area contributed by atoms with Gasteiger partial charge < -0.3 is 14.8 Å². The van der Waals surface area contributed by atoms with Gasteiger partial charge in [-0.25, -0.2) is 0 Å². The summed E-state index contributed by atoms with van der Waals surface area (Å²) in [5.41, 5.74) is 3.27. The largest absolute Gasteiger partial charge is 0.497 e. The molecule has 0 aliphatic carbocycles. The summed E-state index contributed by atoms with van der Waals surface area (Å²) < 4.78 is 10.6. The minimum absolute atomic E-state index is 0.0244. The van der Waals surface area contributed by atoms with Crippen molar-refractivity contribution in [2.45, 2.75) is 26.3 Å². The van der Waals surface area contributed by atoms with Crippen molar-refractivity contribution in [1.82, 2.24) is 5.32 Å². The predicted octanol–water partition coefficient (Wildman–Crippen LogP) is 3.26. The highest BCUT2D eigenvalue weighted by molar-refractivity contribution is 5.76. The Labute approximate surface area is 137 Å². The number of benzene rings is 2. The smallest absolute Gasteiger partial charge is 0.220 e. The monoisotopic (exact) mass is 313 g/mol. The van der Waals surface area contributed by atoms with E-state index >= 15 is 0 Å². The van der Waals surface area contributed by atoms with Crippen molar-refractivity contribution >= 4 is 5.91 Å². The predicted molar refractivity (Wildman–Crippen MR) is 90.9 cm³/mol. The molecule has 1 N–H and O–H groups in total. The van der Waals surface area contributed by atoms with Crippen LogP contribution in [0.25, 0.3) is 0 Å². The number of hydrogen-bond donors (Lipinski definition) is 1. The average molecular weight is 313 g/mol. The number of hydrogen-bond acceptors (Lipinski definition) is 3. The van der Waals surface area contributed by atoms with Crippen molar-refractivity contribution in [3.63, 3.8) is 0 Å². The summed E-state index contributed by atoms with van der Waals surface area (Å²) >= 11 is 0. The summed E-state index contributed by atoms with van der Waals surface area (Å²) in [6, 6.07) is 13.7. The van der Waals surface area contributed by atoms with E-state index in [-0.39, 0.29) is 5.91 Å². The molecule has 4 heteroatoms. The van der Waals surface area contributed by atoms with Gasteiger partial charge in [-0.05, 0) is 42.7 Å². The Balaban J connectivity index is 1.89. The molecule has 0 aromatic heterocycles. The van der Waals surface area contributed by atoms with Crippen LogP contribution < -0.4 is 14.8 Å². The summed E-state index contributed by atoms with van der Waals surface area (Å²) in [5, 5.41) is 2.95. The summed E-state index contributed by atoms with van der Waals surface area (Å²) in [7, 11) is 3.25. The first-order chi connectivity index (χ1) is 11.1. The molecule has 0 aliphatic heterocycles. The van der Waals surface area contributed by atoms with E-state index in [1.807, 2.05) is 43.3 Å². The fourth-order valence-corrected chi connectivity index (χ4v) is 2.44. The molecule has 1 amide bonds. The van der Waals surface area contributed by atoms with E-state index in [9.17, 15) is 4.79 Å². The molecule has 0 unspecified atom stereocenters. The van der Waals surface area contributed by atoms with Gasteiger partial charge >= 0.3 is 0 Å². The van der Waals surface area contributed by atoms with Crippen LogP contribution in [0.15, 0.2) is 42.5 Å². The third kappa shape index (κ3) is 5.02. The highest BCUT2D eigenvalue weighted by Gasteiger charge is 2.08. The van der Waals surface area contributed by atoms with Gasteiger partial charge in [0.05, 0.1) is 14.2 Å². The van der Waals surface area contributed by atoms with Crippen LogP contribution in [0.5, 0.6) is 11.5 Å². The zero-order chi connectivity index (χ0) is 16.7. The lowest BCUT2D eigenvalue weighted by atomic mass is 10.1. The highest BCUT2D eigenvalue weighted by atomic mass is 16.5. The van der Waals surface area contributed by atoms with Crippen LogP contribution in [0.4, 0.5) is 0 Å². The van der Waals surface area contributed by atoms with E-state index in [1.54, 1.807) is 14.2 Å². The highest BCUT2D eigenvalue weighted by Crippen LogP contribution is 2.25. The second kappa shape index (κ2) is 8.22. The van der Waals surface area contributed by atoms with E-state index < -0.39 is 0 Å². The molecular formula is C19H23NO3. The molecule has 0 aliphatic rings. The molecule has 2 aromatic rings. The lowest BCUT2D eigenvalue weighted by Crippen LogP contribution is -2.23. The quantitative estimate of drug-likeness (QED) is 0.853. The summed E-state index contributed by atoms with van der Waals surface area (Å²) in [4.78, 5) is 12.0. The molecule has 0 atom stereocenters. The van der Waals surface area contributed by atoms with E-state index in [0.29, 0.717) is 19.4 Å². The van der Waals surface area contributed by atoms with Gasteiger partial charge in [-0.3, -0.25) is 4.79 Å². The van der Waals surface area contributed by atoms with E-state index in [0.717, 1.165) is 22.6 Å². The number of carbonyl (C=O) groups is 1. The molecule has 0 fully saturated rings. The van der Waals surface area contributed by atoms with E-state index in [1.165, 1.54) is 5.56 Å². The molecule has 0 bridgehead atoms. The van der Waals surface area contributed by atoms with Crippen LogP contribution in [0.1, 0.15) is 23.1 Å². The zero-order valence-corrected chi connectivity index (χ0v) is 13.9. The number of ether oxygens (including phenoxy) is 2. The third-order valence-corrected chi connectivity index (χ3v) is 3.68. The standard InChI is InChI=1S/C19H23NO3/c1-14-5-4-6-15(11-14)13-20-19(21)10-7-16-12-17(22-2)8-9-18(16)23-3/h4-6,8-9,11-12H,7,10,13H2,1-3H3,(H,20,21). The van der Waals surface area contributed by atoms with Crippen LogP contribution in [-0.2, 0) is 17.8 Å². The average Bonchev–Trinajstić information content (AvgIpc) is 2.57. The molecule has 0 saturated heterocycles. The SMILES string of the molecule is COc1ccc(OC)c(CCC(=O)NCc2cccc(C)c2)c1. The first-order valence-electron chi connectivity index (χ1n) is 7.65. The summed E-state index contributed by atoms with van der Waals surface area (Å²) in [6.45, 7) is 2.59. The number of amides is 1. The maximum Gasteiger partial charge on any atom is 0.220 e. The molecule has 2 aromatic carbocycles. The summed E-state index contributed by atoms with van der Waals surface area (Å²) in [6.07, 6.45) is 1.02. The minimum atomic E-state index is 0.0244. The van der Waals surface area contributed by atoms with Gasteiger partial charge in [-0.2, -0.15) is 0 Å². The van der Waals surface area contributed by atoms with Gasteiger partial charge in [0.2, 0.25) is 5.91 Å². The van der Waals surface area contributed by atoms with Crippen LogP contribution in [0.3, 0.4) is 0 Å². The molecule has 0 radical (unpaired) electrons. The lowest BCUT2D eigenvalue weighted by Gasteiger charge is -2.11. The Morgan fingerprint density at radius 1 is 1.09 bits per heavy atom. The number of rotatable bonds is 7. The second-order valence-electron chi connectivity index (χ2n) is 5.44. The van der Waals surface area contributed by atoms with Gasteiger partial charge in [0.25, 0.3) is 0 Å². The molecule has 0 spiro atoms. The Morgan fingerprint density at radius 2 is 1.91 bits per heavy atom. The van der Waals surface area contributed by atoms with Crippen molar-refractivity contribution < 1.29 is 14.3 Å². The topological polar surface area (TPSA) is 47.6 Å². The number of methoxy groups -OCH3 is 2. The Hall–Kier alpha value is -2.49. The molecule has 23 heavy (non-hydrogen) atoms. The number of carbonyl (C=O) groups excluding carboxylic acids is 1. The maximum absolute atomic E-state index is 12.0. The Kier molecular flexibility index (Phi) is 6.03. The molecule has 4 nitrogen and oxygen atoms in total. The van der Waals surface area contributed by atoms with Crippen molar-refractivity contribution in [2.24, 2.45) is 0 Å². The van der Waals surface area contributed by atoms with Crippen LogP contribution >= 0.6 is 0 Å². The normalized spacial score (nSPS) is 10.2. The molecule has 0 heterocycles. The molecule has 0 saturated carbocycles. The maximum atomic E-state index is 12.0. The zero-order valence-electron chi connectivity index (χ0n) is 13.9. The molecular weight excluding hydrogens is 290 g/mol. The molecule has 2 rings (SSSR count). The fraction of sp³-hybridized carbons (Fsp3) is 0.316. The second-order valence-corrected chi connectivity index (χ2v) is 5.44. The van der Waals surface area contributed by atoms with Crippen molar-refractivity contribution in [2.75, 3.05) is 14.2 Å². The molecule has 122 valence electrons. The fourth-order valence-electron chi connectivity index (χ4n) is 2.44. The summed E-state index contributed by atoms with van der Waals surface area (Å²) in [5.74, 6) is 1.56. The van der Waals surface area contributed by atoms with Crippen molar-refractivity contribution in [3.05, 3.63) is 59.2 Å². The van der Waals surface area contributed by atoms with Crippen molar-refractivity contribution in [1.29, 1.82) is 0 Å². The van der Waals surface area contributed by atoms with Gasteiger partial charge in [-0.1, -0.05) is 29.8 Å². The Bertz CT molecular complexity index is 667. The van der Waals surface area contributed by atoms with Crippen LogP contribution in [0.2, 0.25) is 0 Å². The van der Waals surface area contributed by atoms with Gasteiger partial charge in [0.15, 0.2) is 0 Å². The van der Waals surface area contributed by atoms with Gasteiger partial charge in [0.1, 0.15) is 11.5 Å². The van der Waals surface area contributed by atoms with Gasteiger partial charge in [0, 0.05) is 13.0 Å². The minimum Gasteiger partial charge on any atom is -0.497 e. The third-order valence-electron chi connectivity index (χ3n) is 3.68. The number of aryl methyl sites for hydroxylation is 2. The first-order valence-corrected chi connectivity index (χ1v) is 7.65. The number of nitrogens with one attached hydrogen (secondary N) is 1. The lowest BCUT2D eigenvalue weighted by molar-refractivity contribution is -0.121. The van der Waals surface area contributed by atoms with Crippen LogP contribution in [-0.4, -0.2) is 20.1 Å². The van der Waals surface area contributed by atoms with Crippen molar-refractivity contribution in [3.8, 4) is 11.5 Å². The first kappa shape index (κ1) is 16.9.